The minimum absolute atomic E-state index is 0.253. The highest BCUT2D eigenvalue weighted by Crippen LogP contribution is 2.15. The quantitative estimate of drug-likeness (QED) is 0.502. The van der Waals surface area contributed by atoms with Gasteiger partial charge in [-0.05, 0) is 13.8 Å². The second-order valence-corrected chi connectivity index (χ2v) is 2.92. The fraction of sp³-hybridized carbons (Fsp3) is 0.625. The standard InChI is InChI=1S/C8H13NO/c1-6-4-8(10)5-7(2)9(6)3/h4,7H,5H2,1-3H3. The van der Waals surface area contributed by atoms with E-state index in [1.807, 2.05) is 14.0 Å². The van der Waals surface area contributed by atoms with Crippen LogP contribution in [0, 0.1) is 0 Å². The first-order valence-corrected chi connectivity index (χ1v) is 3.55. The summed E-state index contributed by atoms with van der Waals surface area (Å²) in [6.07, 6.45) is 2.37. The zero-order valence-corrected chi connectivity index (χ0v) is 6.72. The van der Waals surface area contributed by atoms with Crippen LogP contribution in [0.25, 0.3) is 0 Å². The maximum atomic E-state index is 10.9. The van der Waals surface area contributed by atoms with Gasteiger partial charge in [0.25, 0.3) is 0 Å². The van der Waals surface area contributed by atoms with Gasteiger partial charge in [0, 0.05) is 31.3 Å². The Morgan fingerprint density at radius 1 is 1.70 bits per heavy atom. The fourth-order valence-electron chi connectivity index (χ4n) is 1.17. The van der Waals surface area contributed by atoms with E-state index in [1.54, 1.807) is 6.08 Å². The molecule has 0 N–H and O–H groups in total. The van der Waals surface area contributed by atoms with E-state index in [0.717, 1.165) is 5.70 Å². The number of hydrogen-bond acceptors (Lipinski definition) is 2. The van der Waals surface area contributed by atoms with Gasteiger partial charge in [0.1, 0.15) is 0 Å². The van der Waals surface area contributed by atoms with Gasteiger partial charge in [-0.1, -0.05) is 0 Å². The Morgan fingerprint density at radius 2 is 2.30 bits per heavy atom. The van der Waals surface area contributed by atoms with Crippen LogP contribution >= 0.6 is 0 Å². The molecule has 0 aromatic heterocycles. The minimum Gasteiger partial charge on any atom is -0.375 e. The molecule has 0 saturated heterocycles. The lowest BCUT2D eigenvalue weighted by molar-refractivity contribution is -0.116. The number of allylic oxidation sites excluding steroid dienone is 2. The summed E-state index contributed by atoms with van der Waals surface area (Å²) in [5.74, 6) is 0.253. The van der Waals surface area contributed by atoms with Crippen LogP contribution in [-0.2, 0) is 4.79 Å². The summed E-state index contributed by atoms with van der Waals surface area (Å²) in [7, 11) is 2.02. The van der Waals surface area contributed by atoms with Crippen LogP contribution in [0.2, 0.25) is 0 Å². The number of rotatable bonds is 0. The summed E-state index contributed by atoms with van der Waals surface area (Å²) >= 11 is 0. The van der Waals surface area contributed by atoms with Crippen molar-refractivity contribution in [1.29, 1.82) is 0 Å². The summed E-state index contributed by atoms with van der Waals surface area (Å²) in [5.41, 5.74) is 1.07. The maximum Gasteiger partial charge on any atom is 0.159 e. The van der Waals surface area contributed by atoms with Gasteiger partial charge in [0.05, 0.1) is 0 Å². The Hall–Kier alpha value is -0.790. The van der Waals surface area contributed by atoms with Crippen LogP contribution in [0.5, 0.6) is 0 Å². The highest BCUT2D eigenvalue weighted by molar-refractivity contribution is 5.91. The summed E-state index contributed by atoms with van der Waals surface area (Å²) in [6.45, 7) is 4.03. The molecule has 0 saturated carbocycles. The number of ketones is 1. The van der Waals surface area contributed by atoms with Gasteiger partial charge < -0.3 is 4.90 Å². The van der Waals surface area contributed by atoms with Gasteiger partial charge in [-0.2, -0.15) is 0 Å². The molecular formula is C8H13NO. The van der Waals surface area contributed by atoms with E-state index < -0.39 is 0 Å². The third-order valence-electron chi connectivity index (χ3n) is 2.08. The number of carbonyl (C=O) groups is 1. The predicted octanol–water partition coefficient (Wildman–Crippen LogP) is 1.18. The van der Waals surface area contributed by atoms with Gasteiger partial charge in [0.2, 0.25) is 0 Å². The van der Waals surface area contributed by atoms with E-state index in [1.165, 1.54) is 0 Å². The Bertz CT molecular complexity index is 184. The zero-order valence-electron chi connectivity index (χ0n) is 6.72. The first-order valence-electron chi connectivity index (χ1n) is 3.55. The van der Waals surface area contributed by atoms with Gasteiger partial charge in [-0.3, -0.25) is 4.79 Å². The average Bonchev–Trinajstić information content (AvgIpc) is 1.82. The third kappa shape index (κ3) is 1.20. The summed E-state index contributed by atoms with van der Waals surface area (Å²) in [6, 6.07) is 0.373. The predicted molar refractivity (Wildman–Crippen MR) is 40.6 cm³/mol. The molecule has 0 bridgehead atoms. The number of nitrogens with zero attached hydrogens (tertiary/aromatic N) is 1. The van der Waals surface area contributed by atoms with Gasteiger partial charge >= 0.3 is 0 Å². The normalized spacial score (nSPS) is 26.7. The Balaban J connectivity index is 2.80. The molecule has 0 spiro atoms. The van der Waals surface area contributed by atoms with Crippen molar-refractivity contribution in [2.75, 3.05) is 7.05 Å². The van der Waals surface area contributed by atoms with Crippen LogP contribution in [0.3, 0.4) is 0 Å². The topological polar surface area (TPSA) is 20.3 Å². The van der Waals surface area contributed by atoms with Crippen LogP contribution < -0.4 is 0 Å². The van der Waals surface area contributed by atoms with Crippen molar-refractivity contribution >= 4 is 5.78 Å². The van der Waals surface area contributed by atoms with Crippen molar-refractivity contribution in [3.63, 3.8) is 0 Å². The summed E-state index contributed by atoms with van der Waals surface area (Å²) < 4.78 is 0. The van der Waals surface area contributed by atoms with E-state index in [2.05, 4.69) is 11.8 Å². The largest absolute Gasteiger partial charge is 0.375 e. The Morgan fingerprint density at radius 3 is 2.80 bits per heavy atom. The molecule has 1 aliphatic rings. The highest BCUT2D eigenvalue weighted by atomic mass is 16.1. The van der Waals surface area contributed by atoms with Crippen LogP contribution in [0.1, 0.15) is 20.3 Å². The lowest BCUT2D eigenvalue weighted by Crippen LogP contribution is -2.33. The van der Waals surface area contributed by atoms with Crippen LogP contribution in [-0.4, -0.2) is 23.8 Å². The van der Waals surface area contributed by atoms with Crippen molar-refractivity contribution in [1.82, 2.24) is 4.90 Å². The van der Waals surface area contributed by atoms with E-state index >= 15 is 0 Å². The number of carbonyl (C=O) groups excluding carboxylic acids is 1. The van der Waals surface area contributed by atoms with E-state index in [9.17, 15) is 4.79 Å². The molecule has 1 rings (SSSR count). The van der Waals surface area contributed by atoms with Gasteiger partial charge in [-0.25, -0.2) is 0 Å². The molecule has 10 heavy (non-hydrogen) atoms. The Labute approximate surface area is 61.5 Å². The molecule has 0 aliphatic carbocycles. The third-order valence-corrected chi connectivity index (χ3v) is 2.08. The zero-order chi connectivity index (χ0) is 7.72. The van der Waals surface area contributed by atoms with E-state index in [4.69, 9.17) is 0 Å². The van der Waals surface area contributed by atoms with Gasteiger partial charge in [-0.15, -0.1) is 0 Å². The van der Waals surface area contributed by atoms with Crippen LogP contribution in [0.15, 0.2) is 11.8 Å². The van der Waals surface area contributed by atoms with Gasteiger partial charge in [0.15, 0.2) is 5.78 Å². The molecule has 0 aromatic carbocycles. The first-order chi connectivity index (χ1) is 4.61. The maximum absolute atomic E-state index is 10.9. The second-order valence-electron chi connectivity index (χ2n) is 2.92. The monoisotopic (exact) mass is 139 g/mol. The van der Waals surface area contributed by atoms with Crippen molar-refractivity contribution < 1.29 is 4.79 Å². The average molecular weight is 139 g/mol. The second kappa shape index (κ2) is 2.45. The molecule has 56 valence electrons. The Kier molecular flexibility index (Phi) is 1.79. The van der Waals surface area contributed by atoms with Crippen molar-refractivity contribution in [3.05, 3.63) is 11.8 Å². The highest BCUT2D eigenvalue weighted by Gasteiger charge is 2.18. The smallest absolute Gasteiger partial charge is 0.159 e. The van der Waals surface area contributed by atoms with E-state index in [0.29, 0.717) is 12.5 Å². The molecule has 1 aliphatic heterocycles. The number of hydrogen-bond donors (Lipinski definition) is 0. The lowest BCUT2D eigenvalue weighted by atomic mass is 10.1. The molecule has 1 atom stereocenters. The molecule has 0 radical (unpaired) electrons. The molecular weight excluding hydrogens is 126 g/mol. The summed E-state index contributed by atoms with van der Waals surface area (Å²) in [5, 5.41) is 0. The summed E-state index contributed by atoms with van der Waals surface area (Å²) in [4.78, 5) is 13.1. The SMILES string of the molecule is CC1=CC(=O)CC(C)N1C. The minimum atomic E-state index is 0.253. The molecule has 0 fully saturated rings. The van der Waals surface area contributed by atoms with E-state index in [-0.39, 0.29) is 5.78 Å². The molecule has 0 amide bonds. The first kappa shape index (κ1) is 7.32. The molecule has 0 aromatic rings. The molecule has 2 heteroatoms. The molecule has 1 unspecified atom stereocenters. The fourth-order valence-corrected chi connectivity index (χ4v) is 1.17. The molecule has 1 heterocycles. The lowest BCUT2D eigenvalue weighted by Gasteiger charge is -2.30. The van der Waals surface area contributed by atoms with Crippen molar-refractivity contribution in [2.24, 2.45) is 0 Å². The van der Waals surface area contributed by atoms with Crippen molar-refractivity contribution in [3.8, 4) is 0 Å². The van der Waals surface area contributed by atoms with Crippen molar-refractivity contribution in [2.45, 2.75) is 26.3 Å². The molecule has 2 nitrogen and oxygen atoms in total. The van der Waals surface area contributed by atoms with Crippen LogP contribution in [0.4, 0.5) is 0 Å².